The number of hydrogen-bond acceptors (Lipinski definition) is 4. The number of aromatic hydroxyl groups is 1. The van der Waals surface area contributed by atoms with Crippen LogP contribution in [-0.4, -0.2) is 16.6 Å². The highest BCUT2D eigenvalue weighted by molar-refractivity contribution is 7.15. The van der Waals surface area contributed by atoms with Crippen molar-refractivity contribution < 1.29 is 5.11 Å². The van der Waals surface area contributed by atoms with Crippen LogP contribution < -0.4 is 5.32 Å². The third kappa shape index (κ3) is 1.70. The van der Waals surface area contributed by atoms with Gasteiger partial charge in [0.1, 0.15) is 10.8 Å². The normalized spacial score (nSPS) is 14.8. The summed E-state index contributed by atoms with van der Waals surface area (Å²) in [5.41, 5.74) is 2.21. The van der Waals surface area contributed by atoms with Crippen molar-refractivity contribution in [2.45, 2.75) is 13.0 Å². The van der Waals surface area contributed by atoms with E-state index in [0.717, 1.165) is 30.1 Å². The van der Waals surface area contributed by atoms with Crippen LogP contribution in [0.15, 0.2) is 24.3 Å². The standard InChI is InChI=1S/C12H12N2OS/c15-9-3-1-2-8(6-9)12-14-10-4-5-13-7-11(10)16-12/h1-3,6,13,15H,4-5,7H2. The molecule has 0 fully saturated rings. The van der Waals surface area contributed by atoms with Gasteiger partial charge in [0.25, 0.3) is 0 Å². The van der Waals surface area contributed by atoms with Gasteiger partial charge in [-0.2, -0.15) is 0 Å². The minimum Gasteiger partial charge on any atom is -0.508 e. The van der Waals surface area contributed by atoms with Crippen LogP contribution in [0.1, 0.15) is 10.6 Å². The Kier molecular flexibility index (Phi) is 2.38. The number of nitrogens with zero attached hydrogens (tertiary/aromatic N) is 1. The molecule has 0 amide bonds. The molecular weight excluding hydrogens is 220 g/mol. The van der Waals surface area contributed by atoms with E-state index in [1.165, 1.54) is 10.6 Å². The van der Waals surface area contributed by atoms with Crippen LogP contribution in [-0.2, 0) is 13.0 Å². The summed E-state index contributed by atoms with van der Waals surface area (Å²) in [4.78, 5) is 5.95. The van der Waals surface area contributed by atoms with Crippen molar-refractivity contribution in [3.05, 3.63) is 34.8 Å². The Morgan fingerprint density at radius 3 is 3.12 bits per heavy atom. The Hall–Kier alpha value is -1.39. The van der Waals surface area contributed by atoms with Crippen LogP contribution in [0.3, 0.4) is 0 Å². The number of nitrogens with one attached hydrogen (secondary N) is 1. The van der Waals surface area contributed by atoms with E-state index in [0.29, 0.717) is 5.75 Å². The van der Waals surface area contributed by atoms with E-state index in [2.05, 4.69) is 10.3 Å². The number of phenols is 1. The molecule has 4 heteroatoms. The fourth-order valence-corrected chi connectivity index (χ4v) is 2.96. The highest BCUT2D eigenvalue weighted by Crippen LogP contribution is 2.31. The SMILES string of the molecule is Oc1cccc(-c2nc3c(s2)CNCC3)c1. The van der Waals surface area contributed by atoms with Crippen molar-refractivity contribution in [3.63, 3.8) is 0 Å². The van der Waals surface area contributed by atoms with Gasteiger partial charge >= 0.3 is 0 Å². The molecular formula is C12H12N2OS. The molecule has 0 bridgehead atoms. The first kappa shape index (κ1) is 9.81. The summed E-state index contributed by atoms with van der Waals surface area (Å²) in [6.45, 7) is 1.93. The van der Waals surface area contributed by atoms with E-state index in [-0.39, 0.29) is 0 Å². The number of phenolic OH excluding ortho intramolecular Hbond substituents is 1. The molecule has 0 aliphatic carbocycles. The maximum absolute atomic E-state index is 9.44. The van der Waals surface area contributed by atoms with Crippen molar-refractivity contribution in [1.82, 2.24) is 10.3 Å². The minimum absolute atomic E-state index is 0.295. The molecule has 3 nitrogen and oxygen atoms in total. The fraction of sp³-hybridized carbons (Fsp3) is 0.250. The zero-order valence-corrected chi connectivity index (χ0v) is 9.55. The van der Waals surface area contributed by atoms with Crippen molar-refractivity contribution in [3.8, 4) is 16.3 Å². The molecule has 2 aromatic rings. The molecule has 0 saturated heterocycles. The molecule has 0 spiro atoms. The van der Waals surface area contributed by atoms with Gasteiger partial charge in [-0.15, -0.1) is 11.3 Å². The quantitative estimate of drug-likeness (QED) is 0.792. The van der Waals surface area contributed by atoms with Crippen LogP contribution in [0, 0.1) is 0 Å². The zero-order chi connectivity index (χ0) is 11.0. The lowest BCUT2D eigenvalue weighted by Crippen LogP contribution is -2.22. The molecule has 1 aromatic carbocycles. The molecule has 16 heavy (non-hydrogen) atoms. The molecule has 2 N–H and O–H groups in total. The molecule has 0 saturated carbocycles. The van der Waals surface area contributed by atoms with E-state index in [4.69, 9.17) is 0 Å². The molecule has 0 radical (unpaired) electrons. The fourth-order valence-electron chi connectivity index (χ4n) is 1.89. The van der Waals surface area contributed by atoms with E-state index < -0.39 is 0 Å². The first-order valence-electron chi connectivity index (χ1n) is 5.31. The van der Waals surface area contributed by atoms with E-state index in [1.807, 2.05) is 12.1 Å². The van der Waals surface area contributed by atoms with Crippen molar-refractivity contribution in [2.24, 2.45) is 0 Å². The lowest BCUT2D eigenvalue weighted by atomic mass is 10.2. The molecule has 3 rings (SSSR count). The van der Waals surface area contributed by atoms with Crippen molar-refractivity contribution in [1.29, 1.82) is 0 Å². The summed E-state index contributed by atoms with van der Waals surface area (Å²) < 4.78 is 0. The number of benzene rings is 1. The predicted molar refractivity (Wildman–Crippen MR) is 64.6 cm³/mol. The molecule has 1 aliphatic heterocycles. The summed E-state index contributed by atoms with van der Waals surface area (Å²) in [5, 5.41) is 13.8. The van der Waals surface area contributed by atoms with Crippen molar-refractivity contribution >= 4 is 11.3 Å². The molecule has 82 valence electrons. The number of thiazole rings is 1. The third-order valence-electron chi connectivity index (χ3n) is 2.70. The largest absolute Gasteiger partial charge is 0.508 e. The van der Waals surface area contributed by atoms with Gasteiger partial charge in [-0.3, -0.25) is 0 Å². The summed E-state index contributed by atoms with van der Waals surface area (Å²) in [6, 6.07) is 7.27. The Morgan fingerprint density at radius 1 is 1.38 bits per heavy atom. The highest BCUT2D eigenvalue weighted by atomic mass is 32.1. The third-order valence-corrected chi connectivity index (χ3v) is 3.84. The number of fused-ring (bicyclic) bond motifs is 1. The summed E-state index contributed by atoms with van der Waals surface area (Å²) in [5.74, 6) is 0.295. The van der Waals surface area contributed by atoms with Gasteiger partial charge < -0.3 is 10.4 Å². The highest BCUT2D eigenvalue weighted by Gasteiger charge is 2.15. The smallest absolute Gasteiger partial charge is 0.124 e. The minimum atomic E-state index is 0.295. The average molecular weight is 232 g/mol. The molecule has 1 aromatic heterocycles. The Bertz CT molecular complexity index is 498. The van der Waals surface area contributed by atoms with Crippen LogP contribution in [0.4, 0.5) is 0 Å². The maximum atomic E-state index is 9.44. The van der Waals surface area contributed by atoms with E-state index in [9.17, 15) is 5.11 Å². The first-order valence-corrected chi connectivity index (χ1v) is 6.13. The van der Waals surface area contributed by atoms with Gasteiger partial charge in [-0.25, -0.2) is 4.98 Å². The number of aromatic nitrogens is 1. The Labute approximate surface area is 97.8 Å². The summed E-state index contributed by atoms with van der Waals surface area (Å²) in [6.07, 6.45) is 1.00. The molecule has 0 unspecified atom stereocenters. The Balaban J connectivity index is 2.03. The first-order chi connectivity index (χ1) is 7.83. The van der Waals surface area contributed by atoms with Crippen LogP contribution in [0.5, 0.6) is 5.75 Å². The van der Waals surface area contributed by atoms with E-state index in [1.54, 1.807) is 23.5 Å². The maximum Gasteiger partial charge on any atom is 0.124 e. The van der Waals surface area contributed by atoms with Crippen molar-refractivity contribution in [2.75, 3.05) is 6.54 Å². The number of rotatable bonds is 1. The van der Waals surface area contributed by atoms with Crippen LogP contribution in [0.25, 0.3) is 10.6 Å². The molecule has 2 heterocycles. The lowest BCUT2D eigenvalue weighted by molar-refractivity contribution is 0.475. The monoisotopic (exact) mass is 232 g/mol. The Morgan fingerprint density at radius 2 is 2.31 bits per heavy atom. The lowest BCUT2D eigenvalue weighted by Gasteiger charge is -2.09. The van der Waals surface area contributed by atoms with Gasteiger partial charge in [0.2, 0.25) is 0 Å². The van der Waals surface area contributed by atoms with Gasteiger partial charge in [-0.1, -0.05) is 12.1 Å². The average Bonchev–Trinajstić information content (AvgIpc) is 2.72. The summed E-state index contributed by atoms with van der Waals surface area (Å²) in [7, 11) is 0. The second-order valence-electron chi connectivity index (χ2n) is 3.87. The summed E-state index contributed by atoms with van der Waals surface area (Å²) >= 11 is 1.71. The van der Waals surface area contributed by atoms with Gasteiger partial charge in [0, 0.05) is 30.0 Å². The van der Waals surface area contributed by atoms with Gasteiger partial charge in [0.05, 0.1) is 5.69 Å². The number of hydrogen-bond donors (Lipinski definition) is 2. The second-order valence-corrected chi connectivity index (χ2v) is 4.95. The second kappa shape index (κ2) is 3.88. The molecule has 1 aliphatic rings. The van der Waals surface area contributed by atoms with Gasteiger partial charge in [0.15, 0.2) is 0 Å². The van der Waals surface area contributed by atoms with Gasteiger partial charge in [-0.05, 0) is 12.1 Å². The van der Waals surface area contributed by atoms with Crippen LogP contribution >= 0.6 is 11.3 Å². The zero-order valence-electron chi connectivity index (χ0n) is 8.73. The predicted octanol–water partition coefficient (Wildman–Crippen LogP) is 2.16. The topological polar surface area (TPSA) is 45.2 Å². The van der Waals surface area contributed by atoms with Crippen LogP contribution in [0.2, 0.25) is 0 Å². The van der Waals surface area contributed by atoms with E-state index >= 15 is 0 Å². The molecule has 0 atom stereocenters.